The summed E-state index contributed by atoms with van der Waals surface area (Å²) in [7, 11) is 3.24. The third kappa shape index (κ3) is 6.58. The van der Waals surface area contributed by atoms with Crippen molar-refractivity contribution < 1.29 is 27.1 Å². The van der Waals surface area contributed by atoms with Crippen molar-refractivity contribution in [2.45, 2.75) is 45.2 Å². The van der Waals surface area contributed by atoms with Gasteiger partial charge in [-0.05, 0) is 52.1 Å². The van der Waals surface area contributed by atoms with Gasteiger partial charge >= 0.3 is 6.18 Å². The van der Waals surface area contributed by atoms with E-state index in [1.807, 2.05) is 32.7 Å². The number of carbonyl (C=O) groups is 1. The summed E-state index contributed by atoms with van der Waals surface area (Å²) in [6.45, 7) is 8.99. The third-order valence-corrected chi connectivity index (χ3v) is 8.21. The van der Waals surface area contributed by atoms with Crippen LogP contribution in [0.2, 0.25) is 0 Å². The number of aromatic nitrogens is 2. The van der Waals surface area contributed by atoms with Crippen molar-refractivity contribution >= 4 is 23.1 Å². The Kier molecular flexibility index (Phi) is 8.72. The van der Waals surface area contributed by atoms with E-state index < -0.39 is 34.6 Å². The Morgan fingerprint density at radius 2 is 1.70 bits per heavy atom. The van der Waals surface area contributed by atoms with Crippen LogP contribution in [0.15, 0.2) is 47.5 Å². The second-order valence-corrected chi connectivity index (χ2v) is 11.7. The summed E-state index contributed by atoms with van der Waals surface area (Å²) >= 11 is 0. The predicted octanol–water partition coefficient (Wildman–Crippen LogP) is 4.61. The van der Waals surface area contributed by atoms with Gasteiger partial charge in [0.15, 0.2) is 0 Å². The topological polar surface area (TPSA) is 82.9 Å². The van der Waals surface area contributed by atoms with E-state index >= 15 is 4.39 Å². The molecule has 2 saturated heterocycles. The number of ether oxygens (including phenoxy) is 1. The van der Waals surface area contributed by atoms with Crippen LogP contribution in [-0.2, 0) is 18.0 Å². The molecule has 2 fully saturated rings. The Labute approximate surface area is 253 Å². The molecule has 0 bridgehead atoms. The van der Waals surface area contributed by atoms with Gasteiger partial charge in [-0.15, -0.1) is 0 Å². The second kappa shape index (κ2) is 12.2. The van der Waals surface area contributed by atoms with Crippen LogP contribution in [0.1, 0.15) is 36.7 Å². The number of morpholine rings is 1. The summed E-state index contributed by atoms with van der Waals surface area (Å²) in [4.78, 5) is 36.1. The molecule has 0 spiro atoms. The number of carbonyl (C=O) groups excluding carboxylic acids is 1. The number of halogens is 4. The lowest BCUT2D eigenvalue weighted by molar-refractivity contribution is -0.138. The van der Waals surface area contributed by atoms with Gasteiger partial charge in [-0.1, -0.05) is 0 Å². The van der Waals surface area contributed by atoms with Crippen LogP contribution >= 0.6 is 0 Å². The molecule has 2 aromatic heterocycles. The van der Waals surface area contributed by atoms with E-state index in [2.05, 4.69) is 20.1 Å². The number of likely N-dealkylation sites (N-methyl/N-ethyl adjacent to an activating group) is 1. The lowest BCUT2D eigenvalue weighted by atomic mass is 10.0. The van der Waals surface area contributed by atoms with Crippen molar-refractivity contribution in [2.24, 2.45) is 7.05 Å². The highest BCUT2D eigenvalue weighted by Crippen LogP contribution is 2.37. The molecule has 0 radical (unpaired) electrons. The largest absolute Gasteiger partial charge is 0.417 e. The molecule has 4 heterocycles. The fourth-order valence-electron chi connectivity index (χ4n) is 5.75. The average Bonchev–Trinajstić information content (AvgIpc) is 2.95. The van der Waals surface area contributed by atoms with Gasteiger partial charge in [0.25, 0.3) is 11.5 Å². The molecule has 236 valence electrons. The molecule has 2 aliphatic rings. The number of rotatable bonds is 5. The average molecular weight is 617 g/mol. The molecular formula is C31H36F4N6O3. The molecule has 5 rings (SSSR count). The van der Waals surface area contributed by atoms with E-state index in [1.54, 1.807) is 12.1 Å². The van der Waals surface area contributed by atoms with Gasteiger partial charge in [-0.2, -0.15) is 13.2 Å². The minimum atomic E-state index is -4.94. The number of hydrogen-bond acceptors (Lipinski definition) is 7. The van der Waals surface area contributed by atoms with Gasteiger partial charge in [0.1, 0.15) is 11.6 Å². The van der Waals surface area contributed by atoms with Gasteiger partial charge < -0.3 is 29.3 Å². The number of piperazine rings is 1. The SMILES string of the molecule is C[C@@H]1CN(c2ccc(-c3cc(NC(=O)c4cn(C)c(=O)cc4C(F)(F)F)c(N4CCN(C)[C@@H](C)C4)cc3F)cn2)C[C@H](C)O1. The van der Waals surface area contributed by atoms with Crippen LogP contribution in [0.5, 0.6) is 0 Å². The minimum Gasteiger partial charge on any atom is -0.372 e. The number of nitrogens with one attached hydrogen (secondary N) is 1. The summed E-state index contributed by atoms with van der Waals surface area (Å²) < 4.78 is 64.0. The molecule has 1 aromatic carbocycles. The van der Waals surface area contributed by atoms with Crippen LogP contribution in [0.4, 0.5) is 34.8 Å². The molecule has 0 saturated carbocycles. The number of aryl methyl sites for hydroxylation is 1. The maximum absolute atomic E-state index is 15.8. The zero-order chi connectivity index (χ0) is 31.9. The molecule has 0 aliphatic carbocycles. The van der Waals surface area contributed by atoms with E-state index in [0.717, 1.165) is 10.8 Å². The fraction of sp³-hybridized carbons (Fsp3) is 0.452. The first-order valence-electron chi connectivity index (χ1n) is 14.5. The molecular weight excluding hydrogens is 580 g/mol. The number of anilines is 3. The van der Waals surface area contributed by atoms with Crippen LogP contribution in [0, 0.1) is 5.82 Å². The first kappa shape index (κ1) is 31.5. The normalized spacial score (nSPS) is 21.4. The van der Waals surface area contributed by atoms with Crippen molar-refractivity contribution in [3.05, 3.63) is 70.0 Å². The monoisotopic (exact) mass is 616 g/mol. The Hall–Kier alpha value is -3.97. The Morgan fingerprint density at radius 1 is 1.00 bits per heavy atom. The Morgan fingerprint density at radius 3 is 2.32 bits per heavy atom. The Balaban J connectivity index is 1.54. The van der Waals surface area contributed by atoms with E-state index in [-0.39, 0.29) is 29.5 Å². The van der Waals surface area contributed by atoms with Crippen molar-refractivity contribution in [1.82, 2.24) is 14.5 Å². The number of amides is 1. The van der Waals surface area contributed by atoms with E-state index in [0.29, 0.717) is 55.9 Å². The van der Waals surface area contributed by atoms with Gasteiger partial charge in [-0.3, -0.25) is 9.59 Å². The number of benzene rings is 1. The highest BCUT2D eigenvalue weighted by Gasteiger charge is 2.36. The molecule has 13 heteroatoms. The molecule has 2 aliphatic heterocycles. The molecule has 9 nitrogen and oxygen atoms in total. The number of nitrogens with zero attached hydrogens (tertiary/aromatic N) is 5. The predicted molar refractivity (Wildman–Crippen MR) is 161 cm³/mol. The zero-order valence-corrected chi connectivity index (χ0v) is 25.3. The molecule has 1 N–H and O–H groups in total. The fourth-order valence-corrected chi connectivity index (χ4v) is 5.75. The van der Waals surface area contributed by atoms with Crippen LogP contribution in [0.25, 0.3) is 11.1 Å². The highest BCUT2D eigenvalue weighted by atomic mass is 19.4. The van der Waals surface area contributed by atoms with Gasteiger partial charge in [0, 0.05) is 75.4 Å². The molecule has 0 unspecified atom stereocenters. The summed E-state index contributed by atoms with van der Waals surface area (Å²) in [6, 6.07) is 6.75. The van der Waals surface area contributed by atoms with Crippen molar-refractivity contribution in [2.75, 3.05) is 54.9 Å². The maximum atomic E-state index is 15.8. The van der Waals surface area contributed by atoms with Crippen LogP contribution in [-0.4, -0.2) is 78.4 Å². The first-order chi connectivity index (χ1) is 20.7. The number of alkyl halides is 3. The Bertz CT molecular complexity index is 1580. The van der Waals surface area contributed by atoms with E-state index in [1.165, 1.54) is 25.4 Å². The van der Waals surface area contributed by atoms with Crippen molar-refractivity contribution in [3.63, 3.8) is 0 Å². The molecule has 3 aromatic rings. The lowest BCUT2D eigenvalue weighted by Gasteiger charge is -2.39. The summed E-state index contributed by atoms with van der Waals surface area (Å²) in [6.07, 6.45) is -2.49. The summed E-state index contributed by atoms with van der Waals surface area (Å²) in [5.41, 5.74) is -1.91. The molecule has 1 amide bonds. The second-order valence-electron chi connectivity index (χ2n) is 11.7. The maximum Gasteiger partial charge on any atom is 0.417 e. The minimum absolute atomic E-state index is 0.0265. The van der Waals surface area contributed by atoms with E-state index in [4.69, 9.17) is 4.74 Å². The van der Waals surface area contributed by atoms with Crippen molar-refractivity contribution in [3.8, 4) is 11.1 Å². The molecule has 44 heavy (non-hydrogen) atoms. The van der Waals surface area contributed by atoms with Gasteiger partial charge in [0.2, 0.25) is 0 Å². The third-order valence-electron chi connectivity index (χ3n) is 8.21. The van der Waals surface area contributed by atoms with Gasteiger partial charge in [0.05, 0.1) is 34.7 Å². The number of hydrogen-bond donors (Lipinski definition) is 1. The zero-order valence-electron chi connectivity index (χ0n) is 25.3. The first-order valence-corrected chi connectivity index (χ1v) is 14.5. The standard InChI is InChI=1S/C31H36F4N6O3/c1-18-14-40(9-8-38(18)4)27-12-25(32)22(21-6-7-28(36-13-21)41-15-19(2)44-20(3)16-41)10-26(27)37-30(43)23-17-39(5)29(42)11-24(23)31(33,34)35/h6-7,10-13,17-20H,8-9,14-16H2,1-5H3,(H,37,43)/t18-,19-,20+/m0/s1. The van der Waals surface area contributed by atoms with Crippen LogP contribution in [0.3, 0.4) is 0 Å². The van der Waals surface area contributed by atoms with Crippen LogP contribution < -0.4 is 20.7 Å². The summed E-state index contributed by atoms with van der Waals surface area (Å²) in [5, 5.41) is 2.60. The smallest absolute Gasteiger partial charge is 0.372 e. The number of pyridine rings is 2. The highest BCUT2D eigenvalue weighted by molar-refractivity contribution is 6.07. The lowest BCUT2D eigenvalue weighted by Crippen LogP contribution is -2.50. The van der Waals surface area contributed by atoms with Crippen molar-refractivity contribution in [1.29, 1.82) is 0 Å². The van der Waals surface area contributed by atoms with E-state index in [9.17, 15) is 22.8 Å². The summed E-state index contributed by atoms with van der Waals surface area (Å²) in [5.74, 6) is -0.925. The molecule has 3 atom stereocenters. The quantitative estimate of drug-likeness (QED) is 0.420. The van der Waals surface area contributed by atoms with Gasteiger partial charge in [-0.25, -0.2) is 9.37 Å².